The van der Waals surface area contributed by atoms with Crippen molar-refractivity contribution in [2.45, 2.75) is 25.4 Å². The molecule has 0 saturated carbocycles. The molecule has 0 atom stereocenters. The molecule has 1 aromatic rings. The van der Waals surface area contributed by atoms with Gasteiger partial charge in [0.1, 0.15) is 0 Å². The zero-order valence-electron chi connectivity index (χ0n) is 8.24. The predicted octanol–water partition coefficient (Wildman–Crippen LogP) is 1.04. The van der Waals surface area contributed by atoms with Crippen molar-refractivity contribution < 1.29 is 5.11 Å². The second-order valence-electron chi connectivity index (χ2n) is 3.77. The Morgan fingerprint density at radius 1 is 1.36 bits per heavy atom. The molecule has 1 fully saturated rings. The Hall–Kier alpha value is -0.930. The van der Waals surface area contributed by atoms with Gasteiger partial charge in [0, 0.05) is 17.8 Å². The molecule has 2 rings (SSSR count). The Kier molecular flexibility index (Phi) is 3.11. The molecule has 0 radical (unpaired) electrons. The van der Waals surface area contributed by atoms with Crippen LogP contribution in [0, 0.1) is 0 Å². The van der Waals surface area contributed by atoms with E-state index in [9.17, 15) is 0 Å². The van der Waals surface area contributed by atoms with Crippen LogP contribution in [0.15, 0.2) is 18.3 Å². The molecule has 1 aromatic heterocycles. The smallest absolute Gasteiger partial charge is 0.0696 e. The molecule has 1 saturated heterocycles. The van der Waals surface area contributed by atoms with Crippen LogP contribution in [0.1, 0.15) is 30.0 Å². The van der Waals surface area contributed by atoms with E-state index in [2.05, 4.69) is 10.3 Å². The number of pyridine rings is 1. The summed E-state index contributed by atoms with van der Waals surface area (Å²) < 4.78 is 0. The number of hydrogen-bond donors (Lipinski definition) is 2. The minimum atomic E-state index is 0.0828. The first-order valence-electron chi connectivity index (χ1n) is 5.16. The van der Waals surface area contributed by atoms with Gasteiger partial charge in [0.05, 0.1) is 6.61 Å². The number of nitrogens with zero attached hydrogens (tertiary/aromatic N) is 1. The normalized spacial score (nSPS) is 18.4. The van der Waals surface area contributed by atoms with Gasteiger partial charge in [-0.15, -0.1) is 0 Å². The van der Waals surface area contributed by atoms with E-state index < -0.39 is 0 Å². The molecule has 0 bridgehead atoms. The summed E-state index contributed by atoms with van der Waals surface area (Å²) in [5.41, 5.74) is 2.06. The Balaban J connectivity index is 2.07. The van der Waals surface area contributed by atoms with E-state index in [1.165, 1.54) is 18.5 Å². The maximum absolute atomic E-state index is 8.89. The molecule has 0 amide bonds. The lowest BCUT2D eigenvalue weighted by Crippen LogP contribution is -2.27. The minimum Gasteiger partial charge on any atom is -0.392 e. The van der Waals surface area contributed by atoms with Gasteiger partial charge in [-0.1, -0.05) is 6.07 Å². The number of piperidine rings is 1. The lowest BCUT2D eigenvalue weighted by Gasteiger charge is -2.21. The van der Waals surface area contributed by atoms with Gasteiger partial charge in [-0.2, -0.15) is 0 Å². The lowest BCUT2D eigenvalue weighted by molar-refractivity contribution is 0.281. The molecule has 0 aromatic carbocycles. The largest absolute Gasteiger partial charge is 0.392 e. The summed E-state index contributed by atoms with van der Waals surface area (Å²) in [4.78, 5) is 4.39. The Labute approximate surface area is 84.2 Å². The Morgan fingerprint density at radius 2 is 2.14 bits per heavy atom. The quantitative estimate of drug-likeness (QED) is 0.736. The standard InChI is InChI=1S/C11H16N2O/c14-8-9-1-2-11(13-7-9)10-3-5-12-6-4-10/h1-2,7,10,12,14H,3-6,8H2. The van der Waals surface area contributed by atoms with Gasteiger partial charge in [-0.3, -0.25) is 4.98 Å². The summed E-state index contributed by atoms with van der Waals surface area (Å²) in [7, 11) is 0. The number of nitrogens with one attached hydrogen (secondary N) is 1. The van der Waals surface area contributed by atoms with E-state index in [0.717, 1.165) is 18.7 Å². The third kappa shape index (κ3) is 2.11. The first-order chi connectivity index (χ1) is 6.90. The molecule has 0 aliphatic carbocycles. The van der Waals surface area contributed by atoms with Gasteiger partial charge in [-0.05, 0) is 37.6 Å². The van der Waals surface area contributed by atoms with Gasteiger partial charge < -0.3 is 10.4 Å². The first-order valence-corrected chi connectivity index (χ1v) is 5.16. The van der Waals surface area contributed by atoms with Crippen molar-refractivity contribution in [3.63, 3.8) is 0 Å². The number of aliphatic hydroxyl groups excluding tert-OH is 1. The highest BCUT2D eigenvalue weighted by Crippen LogP contribution is 2.23. The number of hydrogen-bond acceptors (Lipinski definition) is 3. The van der Waals surface area contributed by atoms with Crippen LogP contribution in [-0.2, 0) is 6.61 Å². The molecule has 1 aliphatic rings. The van der Waals surface area contributed by atoms with E-state index in [1.54, 1.807) is 6.20 Å². The molecular formula is C11H16N2O. The number of aromatic nitrogens is 1. The van der Waals surface area contributed by atoms with Crippen LogP contribution in [0.25, 0.3) is 0 Å². The molecule has 3 nitrogen and oxygen atoms in total. The van der Waals surface area contributed by atoms with Crippen LogP contribution in [0.4, 0.5) is 0 Å². The molecule has 2 N–H and O–H groups in total. The average Bonchev–Trinajstić information content (AvgIpc) is 2.30. The van der Waals surface area contributed by atoms with Crippen molar-refractivity contribution in [3.05, 3.63) is 29.6 Å². The second kappa shape index (κ2) is 4.53. The second-order valence-corrected chi connectivity index (χ2v) is 3.77. The fourth-order valence-electron chi connectivity index (χ4n) is 1.89. The zero-order chi connectivity index (χ0) is 9.80. The Bertz CT molecular complexity index is 278. The fraction of sp³-hybridized carbons (Fsp3) is 0.545. The van der Waals surface area contributed by atoms with Crippen LogP contribution in [0.5, 0.6) is 0 Å². The average molecular weight is 192 g/mol. The summed E-state index contributed by atoms with van der Waals surface area (Å²) in [6.45, 7) is 2.27. The maximum atomic E-state index is 8.89. The highest BCUT2D eigenvalue weighted by molar-refractivity contribution is 5.16. The molecule has 2 heterocycles. The van der Waals surface area contributed by atoms with Crippen LogP contribution >= 0.6 is 0 Å². The van der Waals surface area contributed by atoms with E-state index >= 15 is 0 Å². The summed E-state index contributed by atoms with van der Waals surface area (Å²) >= 11 is 0. The summed E-state index contributed by atoms with van der Waals surface area (Å²) in [5.74, 6) is 0.601. The van der Waals surface area contributed by atoms with Crippen LogP contribution in [-0.4, -0.2) is 23.2 Å². The third-order valence-electron chi connectivity index (χ3n) is 2.79. The van der Waals surface area contributed by atoms with Gasteiger partial charge >= 0.3 is 0 Å². The van der Waals surface area contributed by atoms with E-state index in [4.69, 9.17) is 5.11 Å². The fourth-order valence-corrected chi connectivity index (χ4v) is 1.89. The van der Waals surface area contributed by atoms with Gasteiger partial charge in [-0.25, -0.2) is 0 Å². The van der Waals surface area contributed by atoms with Crippen molar-refractivity contribution in [2.75, 3.05) is 13.1 Å². The minimum absolute atomic E-state index is 0.0828. The van der Waals surface area contributed by atoms with Crippen molar-refractivity contribution >= 4 is 0 Å². The summed E-state index contributed by atoms with van der Waals surface area (Å²) in [6, 6.07) is 4.01. The Morgan fingerprint density at radius 3 is 2.71 bits per heavy atom. The van der Waals surface area contributed by atoms with Gasteiger partial charge in [0.25, 0.3) is 0 Å². The number of rotatable bonds is 2. The zero-order valence-corrected chi connectivity index (χ0v) is 8.24. The van der Waals surface area contributed by atoms with E-state index in [1.807, 2.05) is 12.1 Å². The highest BCUT2D eigenvalue weighted by atomic mass is 16.3. The predicted molar refractivity (Wildman–Crippen MR) is 55.0 cm³/mol. The molecule has 3 heteroatoms. The maximum Gasteiger partial charge on any atom is 0.0696 e. The molecule has 0 spiro atoms. The van der Waals surface area contributed by atoms with Gasteiger partial charge in [0.15, 0.2) is 0 Å². The van der Waals surface area contributed by atoms with Crippen LogP contribution in [0.3, 0.4) is 0 Å². The summed E-state index contributed by atoms with van der Waals surface area (Å²) in [5, 5.41) is 12.2. The van der Waals surface area contributed by atoms with Crippen LogP contribution < -0.4 is 5.32 Å². The highest BCUT2D eigenvalue weighted by Gasteiger charge is 2.15. The topological polar surface area (TPSA) is 45.1 Å². The van der Waals surface area contributed by atoms with E-state index in [-0.39, 0.29) is 6.61 Å². The monoisotopic (exact) mass is 192 g/mol. The van der Waals surface area contributed by atoms with Gasteiger partial charge in [0.2, 0.25) is 0 Å². The van der Waals surface area contributed by atoms with Crippen molar-refractivity contribution in [1.29, 1.82) is 0 Å². The van der Waals surface area contributed by atoms with Crippen LogP contribution in [0.2, 0.25) is 0 Å². The van der Waals surface area contributed by atoms with E-state index in [0.29, 0.717) is 5.92 Å². The molecule has 0 unspecified atom stereocenters. The molecule has 14 heavy (non-hydrogen) atoms. The number of aliphatic hydroxyl groups is 1. The molecule has 76 valence electrons. The van der Waals surface area contributed by atoms with Crippen molar-refractivity contribution in [2.24, 2.45) is 0 Å². The molecule has 1 aliphatic heterocycles. The lowest BCUT2D eigenvalue weighted by atomic mass is 9.94. The summed E-state index contributed by atoms with van der Waals surface area (Å²) in [6.07, 6.45) is 4.12. The first kappa shape index (κ1) is 9.62. The van der Waals surface area contributed by atoms with Crippen molar-refractivity contribution in [3.8, 4) is 0 Å². The van der Waals surface area contributed by atoms with Crippen molar-refractivity contribution in [1.82, 2.24) is 10.3 Å². The SMILES string of the molecule is OCc1ccc(C2CCNCC2)nc1. The third-order valence-corrected chi connectivity index (χ3v) is 2.79. The molecular weight excluding hydrogens is 176 g/mol.